The van der Waals surface area contributed by atoms with Gasteiger partial charge in [-0.05, 0) is 46.4 Å². The summed E-state index contributed by atoms with van der Waals surface area (Å²) in [6.45, 7) is 7.20. The number of piperidine rings is 1. The van der Waals surface area contributed by atoms with Gasteiger partial charge in [0.15, 0.2) is 5.76 Å². The van der Waals surface area contributed by atoms with Crippen LogP contribution in [0.3, 0.4) is 0 Å². The van der Waals surface area contributed by atoms with Crippen LogP contribution in [0.1, 0.15) is 37.6 Å². The van der Waals surface area contributed by atoms with Gasteiger partial charge in [0.25, 0.3) is 0 Å². The molecule has 1 unspecified atom stereocenters. The van der Waals surface area contributed by atoms with Gasteiger partial charge in [-0.3, -0.25) is 4.90 Å². The van der Waals surface area contributed by atoms with Gasteiger partial charge in [0.05, 0.1) is 12.2 Å². The van der Waals surface area contributed by atoms with Crippen LogP contribution in [0.15, 0.2) is 10.6 Å². The summed E-state index contributed by atoms with van der Waals surface area (Å²) in [5.41, 5.74) is 1.00. The monoisotopic (exact) mass is 280 g/mol. The van der Waals surface area contributed by atoms with Crippen molar-refractivity contribution in [2.24, 2.45) is 0 Å². The number of nitrogens with one attached hydrogen (secondary N) is 1. The number of rotatable bonds is 7. The second-order valence-corrected chi connectivity index (χ2v) is 5.93. The average molecular weight is 280 g/mol. The summed E-state index contributed by atoms with van der Waals surface area (Å²) < 4.78 is 5.44. The molecule has 1 fully saturated rings. The molecule has 1 N–H and O–H groups in total. The Bertz CT molecular complexity index is 393. The Balaban J connectivity index is 1.80. The molecule has 0 aromatic carbocycles. The van der Waals surface area contributed by atoms with Gasteiger partial charge in [0.2, 0.25) is 0 Å². The first-order chi connectivity index (χ1) is 9.69. The van der Waals surface area contributed by atoms with Crippen LogP contribution < -0.4 is 5.32 Å². The Kier molecular flexibility index (Phi) is 6.01. The van der Waals surface area contributed by atoms with Crippen molar-refractivity contribution in [1.82, 2.24) is 20.3 Å². The lowest BCUT2D eigenvalue weighted by Crippen LogP contribution is -2.44. The highest BCUT2D eigenvalue weighted by molar-refractivity contribution is 5.05. The van der Waals surface area contributed by atoms with Crippen LogP contribution in [0.4, 0.5) is 0 Å². The fraction of sp³-hybridized carbons (Fsp3) is 0.800. The minimum Gasteiger partial charge on any atom is -0.360 e. The summed E-state index contributed by atoms with van der Waals surface area (Å²) in [7, 11) is 4.38. The van der Waals surface area contributed by atoms with Crippen LogP contribution in [0, 0.1) is 0 Å². The second-order valence-electron chi connectivity index (χ2n) is 5.93. The molecule has 5 heteroatoms. The van der Waals surface area contributed by atoms with Gasteiger partial charge >= 0.3 is 0 Å². The molecular weight excluding hydrogens is 252 g/mol. The molecule has 114 valence electrons. The van der Waals surface area contributed by atoms with Gasteiger partial charge in [-0.25, -0.2) is 0 Å². The molecule has 5 nitrogen and oxygen atoms in total. The quantitative estimate of drug-likeness (QED) is 0.770. The van der Waals surface area contributed by atoms with Crippen LogP contribution in [0.5, 0.6) is 0 Å². The number of nitrogens with zero attached hydrogens (tertiary/aromatic N) is 3. The van der Waals surface area contributed by atoms with E-state index in [9.17, 15) is 0 Å². The van der Waals surface area contributed by atoms with E-state index in [2.05, 4.69) is 47.4 Å². The second kappa shape index (κ2) is 7.76. The molecule has 1 aliphatic heterocycles. The summed E-state index contributed by atoms with van der Waals surface area (Å²) in [6, 6.07) is 2.70. The molecule has 0 spiro atoms. The van der Waals surface area contributed by atoms with E-state index in [4.69, 9.17) is 4.52 Å². The normalized spacial score (nSPS) is 20.7. The largest absolute Gasteiger partial charge is 0.360 e. The molecule has 0 aliphatic carbocycles. The van der Waals surface area contributed by atoms with Gasteiger partial charge in [0.1, 0.15) is 0 Å². The number of hydrogen-bond donors (Lipinski definition) is 1. The Hall–Kier alpha value is -0.910. The molecule has 0 saturated carbocycles. The number of hydrogen-bond acceptors (Lipinski definition) is 5. The Morgan fingerprint density at radius 1 is 1.55 bits per heavy atom. The van der Waals surface area contributed by atoms with Crippen molar-refractivity contribution in [2.45, 2.75) is 45.3 Å². The maximum absolute atomic E-state index is 5.44. The van der Waals surface area contributed by atoms with E-state index in [1.807, 2.05) is 0 Å². The van der Waals surface area contributed by atoms with Gasteiger partial charge in [-0.2, -0.15) is 0 Å². The highest BCUT2D eigenvalue weighted by Gasteiger charge is 2.21. The van der Waals surface area contributed by atoms with Crippen LogP contribution >= 0.6 is 0 Å². The van der Waals surface area contributed by atoms with Crippen LogP contribution in [0.25, 0.3) is 0 Å². The molecule has 0 amide bonds. The molecule has 0 bridgehead atoms. The highest BCUT2D eigenvalue weighted by atomic mass is 16.5. The first-order valence-corrected chi connectivity index (χ1v) is 7.73. The topological polar surface area (TPSA) is 44.5 Å². The molecule has 1 aromatic rings. The zero-order valence-corrected chi connectivity index (χ0v) is 13.1. The standard InChI is InChI=1S/C15H28N4O/c1-4-7-16-10-13-9-15(20-17-13)12-19(3)14-6-5-8-18(2)11-14/h9,14,16H,4-8,10-12H2,1-3H3. The summed E-state index contributed by atoms with van der Waals surface area (Å²) in [5.74, 6) is 0.967. The highest BCUT2D eigenvalue weighted by Crippen LogP contribution is 2.16. The predicted octanol–water partition coefficient (Wildman–Crippen LogP) is 1.70. The Morgan fingerprint density at radius 3 is 3.15 bits per heavy atom. The van der Waals surface area contributed by atoms with E-state index < -0.39 is 0 Å². The van der Waals surface area contributed by atoms with Gasteiger partial charge in [0, 0.05) is 25.2 Å². The molecule has 20 heavy (non-hydrogen) atoms. The van der Waals surface area contributed by atoms with E-state index in [-0.39, 0.29) is 0 Å². The van der Waals surface area contributed by atoms with E-state index in [1.165, 1.54) is 19.4 Å². The molecule has 1 aliphatic rings. The van der Waals surface area contributed by atoms with Crippen LogP contribution in [-0.2, 0) is 13.1 Å². The smallest absolute Gasteiger partial charge is 0.151 e. The van der Waals surface area contributed by atoms with Crippen molar-refractivity contribution < 1.29 is 4.52 Å². The van der Waals surface area contributed by atoms with E-state index in [0.717, 1.165) is 44.1 Å². The fourth-order valence-electron chi connectivity index (χ4n) is 2.78. The first kappa shape index (κ1) is 15.5. The van der Waals surface area contributed by atoms with Crippen molar-refractivity contribution in [3.63, 3.8) is 0 Å². The van der Waals surface area contributed by atoms with Gasteiger partial charge in [-0.15, -0.1) is 0 Å². The SMILES string of the molecule is CCCNCc1cc(CN(C)C2CCCN(C)C2)on1. The van der Waals surface area contributed by atoms with Crippen LogP contribution in [-0.4, -0.2) is 54.7 Å². The zero-order valence-electron chi connectivity index (χ0n) is 13.1. The van der Waals surface area contributed by atoms with Crippen molar-refractivity contribution in [3.8, 4) is 0 Å². The lowest BCUT2D eigenvalue weighted by Gasteiger charge is -2.35. The van der Waals surface area contributed by atoms with E-state index in [1.54, 1.807) is 0 Å². The number of likely N-dealkylation sites (N-methyl/N-ethyl adjacent to an activating group) is 2. The van der Waals surface area contributed by atoms with Crippen molar-refractivity contribution in [3.05, 3.63) is 17.5 Å². The van der Waals surface area contributed by atoms with Gasteiger partial charge in [-0.1, -0.05) is 12.1 Å². The van der Waals surface area contributed by atoms with E-state index in [0.29, 0.717) is 6.04 Å². The molecule has 1 aromatic heterocycles. The summed E-state index contributed by atoms with van der Waals surface area (Å²) >= 11 is 0. The molecule has 1 saturated heterocycles. The summed E-state index contributed by atoms with van der Waals surface area (Å²) in [6.07, 6.45) is 3.70. The third-order valence-electron chi connectivity index (χ3n) is 3.97. The minimum atomic E-state index is 0.625. The Labute approximate surface area is 122 Å². The van der Waals surface area contributed by atoms with Crippen molar-refractivity contribution >= 4 is 0 Å². The molecule has 0 radical (unpaired) electrons. The maximum Gasteiger partial charge on any atom is 0.151 e. The third kappa shape index (κ3) is 4.58. The minimum absolute atomic E-state index is 0.625. The molecule has 1 atom stereocenters. The molecule has 2 rings (SSSR count). The molecule has 2 heterocycles. The maximum atomic E-state index is 5.44. The van der Waals surface area contributed by atoms with E-state index >= 15 is 0 Å². The van der Waals surface area contributed by atoms with Crippen molar-refractivity contribution in [1.29, 1.82) is 0 Å². The lowest BCUT2D eigenvalue weighted by molar-refractivity contribution is 0.121. The summed E-state index contributed by atoms with van der Waals surface area (Å²) in [5, 5.41) is 7.47. The average Bonchev–Trinajstić information content (AvgIpc) is 2.86. The zero-order chi connectivity index (χ0) is 14.4. The van der Waals surface area contributed by atoms with Crippen molar-refractivity contribution in [2.75, 3.05) is 33.7 Å². The number of aromatic nitrogens is 1. The summed E-state index contributed by atoms with van der Waals surface area (Å²) in [4.78, 5) is 4.80. The van der Waals surface area contributed by atoms with Gasteiger partial charge < -0.3 is 14.7 Å². The number of likely N-dealkylation sites (tertiary alicyclic amines) is 1. The molecular formula is C15H28N4O. The fourth-order valence-corrected chi connectivity index (χ4v) is 2.78. The first-order valence-electron chi connectivity index (χ1n) is 7.73. The lowest BCUT2D eigenvalue weighted by atomic mass is 10.1. The van der Waals surface area contributed by atoms with Crippen LogP contribution in [0.2, 0.25) is 0 Å². The third-order valence-corrected chi connectivity index (χ3v) is 3.97. The Morgan fingerprint density at radius 2 is 2.40 bits per heavy atom. The predicted molar refractivity (Wildman–Crippen MR) is 80.5 cm³/mol.